The summed E-state index contributed by atoms with van der Waals surface area (Å²) in [7, 11) is 0. The van der Waals surface area contributed by atoms with Gasteiger partial charge in [0.15, 0.2) is 5.82 Å². The molecule has 5 rings (SSSR count). The first-order valence-electron chi connectivity index (χ1n) is 11.7. The number of nitrogens with zero attached hydrogens (tertiary/aromatic N) is 4. The van der Waals surface area contributed by atoms with E-state index in [4.69, 9.17) is 4.74 Å². The van der Waals surface area contributed by atoms with Gasteiger partial charge >= 0.3 is 0 Å². The molecule has 2 aliphatic rings. The maximum absolute atomic E-state index is 13.7. The molecule has 7 nitrogen and oxygen atoms in total. The van der Waals surface area contributed by atoms with Gasteiger partial charge in [-0.05, 0) is 37.5 Å². The van der Waals surface area contributed by atoms with Crippen molar-refractivity contribution in [2.24, 2.45) is 0 Å². The zero-order chi connectivity index (χ0) is 22.6. The molecule has 8 heteroatoms. The van der Waals surface area contributed by atoms with Crippen molar-refractivity contribution in [3.05, 3.63) is 60.2 Å². The largest absolute Gasteiger partial charge is 0.494 e. The van der Waals surface area contributed by atoms with Gasteiger partial charge < -0.3 is 15.1 Å². The molecule has 172 valence electrons. The molecule has 1 N–H and O–H groups in total. The lowest BCUT2D eigenvalue weighted by atomic mass is 10.0. The van der Waals surface area contributed by atoms with Gasteiger partial charge in [0.1, 0.15) is 11.0 Å². The fourth-order valence-corrected chi connectivity index (χ4v) is 5.64. The number of likely N-dealkylation sites (tertiary alicyclic amines) is 1. The van der Waals surface area contributed by atoms with E-state index < -0.39 is 0 Å². The van der Waals surface area contributed by atoms with Gasteiger partial charge in [-0.1, -0.05) is 67.1 Å². The van der Waals surface area contributed by atoms with E-state index in [0.717, 1.165) is 48.6 Å². The van der Waals surface area contributed by atoms with E-state index in [9.17, 15) is 4.79 Å². The minimum atomic E-state index is -0.318. The Morgan fingerprint density at radius 2 is 1.76 bits per heavy atom. The Bertz CT molecular complexity index is 1080. The lowest BCUT2D eigenvalue weighted by Gasteiger charge is -2.35. The normalized spacial score (nSPS) is 20.5. The first-order chi connectivity index (χ1) is 16.2. The van der Waals surface area contributed by atoms with Crippen molar-refractivity contribution in [1.82, 2.24) is 19.8 Å². The number of aromatic nitrogens is 3. The highest BCUT2D eigenvalue weighted by molar-refractivity contribution is 8.00. The number of nitrogens with one attached hydrogen (secondary N) is 1. The van der Waals surface area contributed by atoms with E-state index in [0.29, 0.717) is 11.8 Å². The molecule has 1 saturated heterocycles. The molecule has 0 radical (unpaired) electrons. The van der Waals surface area contributed by atoms with Gasteiger partial charge in [0.2, 0.25) is 11.1 Å². The molecular formula is C25H29N5O2S. The van der Waals surface area contributed by atoms with Crippen molar-refractivity contribution in [2.75, 3.05) is 25.1 Å². The Labute approximate surface area is 198 Å². The highest BCUT2D eigenvalue weighted by atomic mass is 32.2. The minimum absolute atomic E-state index is 0.170. The van der Waals surface area contributed by atoms with E-state index in [-0.39, 0.29) is 17.2 Å². The topological polar surface area (TPSA) is 72.3 Å². The van der Waals surface area contributed by atoms with Crippen molar-refractivity contribution in [1.29, 1.82) is 0 Å². The molecule has 1 aromatic heterocycles. The van der Waals surface area contributed by atoms with Gasteiger partial charge in [0.25, 0.3) is 0 Å². The standard InChI is InChI=1S/C25H29N5O2S/c1-2-32-20-14-12-18(13-15-20)21-22(24(31)29-16-8-3-4-9-17-29)33-25-27-26-23(30(25)28-21)19-10-6-5-7-11-19/h5-7,10-15,21-22,28H,2-4,8-9,16-17H2,1H3/t21-,22+/m1/s1. The fourth-order valence-electron chi connectivity index (χ4n) is 4.48. The van der Waals surface area contributed by atoms with Gasteiger partial charge in [0.05, 0.1) is 12.6 Å². The third-order valence-corrected chi connectivity index (χ3v) is 7.38. The van der Waals surface area contributed by atoms with E-state index in [1.807, 2.05) is 71.1 Å². The van der Waals surface area contributed by atoms with E-state index in [2.05, 4.69) is 15.6 Å². The Morgan fingerprint density at radius 1 is 1.03 bits per heavy atom. The summed E-state index contributed by atoms with van der Waals surface area (Å²) in [5.41, 5.74) is 5.60. The van der Waals surface area contributed by atoms with E-state index in [1.165, 1.54) is 24.6 Å². The van der Waals surface area contributed by atoms with Gasteiger partial charge in [0, 0.05) is 18.7 Å². The summed E-state index contributed by atoms with van der Waals surface area (Å²) in [6.07, 6.45) is 4.52. The minimum Gasteiger partial charge on any atom is -0.494 e. The molecule has 0 spiro atoms. The molecule has 3 aromatic rings. The first-order valence-corrected chi connectivity index (χ1v) is 12.6. The van der Waals surface area contributed by atoms with Crippen LogP contribution in [-0.2, 0) is 4.79 Å². The quantitative estimate of drug-likeness (QED) is 0.600. The Kier molecular flexibility index (Phi) is 6.53. The van der Waals surface area contributed by atoms with Gasteiger partial charge in [-0.2, -0.15) is 0 Å². The van der Waals surface area contributed by atoms with Crippen LogP contribution >= 0.6 is 11.8 Å². The Hall–Kier alpha value is -3.00. The van der Waals surface area contributed by atoms with Crippen LogP contribution < -0.4 is 10.2 Å². The van der Waals surface area contributed by atoms with Crippen LogP contribution in [0.4, 0.5) is 0 Å². The zero-order valence-electron chi connectivity index (χ0n) is 18.8. The van der Waals surface area contributed by atoms with Gasteiger partial charge in [-0.25, -0.2) is 4.68 Å². The van der Waals surface area contributed by atoms with Crippen molar-refractivity contribution in [3.8, 4) is 17.1 Å². The SMILES string of the molecule is CCOc1ccc([C@H]2Nn3c(nnc3-c3ccccc3)S[C@@H]2C(=O)N2CCCCCC2)cc1. The smallest absolute Gasteiger partial charge is 0.238 e. The number of amides is 1. The maximum atomic E-state index is 13.7. The molecule has 2 aromatic carbocycles. The lowest BCUT2D eigenvalue weighted by molar-refractivity contribution is -0.131. The summed E-state index contributed by atoms with van der Waals surface area (Å²) in [4.78, 5) is 15.8. The van der Waals surface area contributed by atoms with Gasteiger partial charge in [-0.15, -0.1) is 10.2 Å². The number of rotatable bonds is 5. The van der Waals surface area contributed by atoms with Crippen LogP contribution in [0.1, 0.15) is 44.2 Å². The first kappa shape index (κ1) is 21.8. The molecule has 0 saturated carbocycles. The molecule has 33 heavy (non-hydrogen) atoms. The van der Waals surface area contributed by atoms with E-state index in [1.54, 1.807) is 0 Å². The molecule has 2 aliphatic heterocycles. The average molecular weight is 464 g/mol. The molecule has 0 unspecified atom stereocenters. The Balaban J connectivity index is 1.50. The van der Waals surface area contributed by atoms with Crippen LogP contribution in [0.25, 0.3) is 11.4 Å². The van der Waals surface area contributed by atoms with Crippen LogP contribution in [0.3, 0.4) is 0 Å². The number of thioether (sulfide) groups is 1. The van der Waals surface area contributed by atoms with Crippen molar-refractivity contribution in [3.63, 3.8) is 0 Å². The number of carbonyl (C=O) groups is 1. The van der Waals surface area contributed by atoms with Gasteiger partial charge in [-0.3, -0.25) is 4.79 Å². The molecular weight excluding hydrogens is 434 g/mol. The molecule has 1 fully saturated rings. The van der Waals surface area contributed by atoms with Crippen LogP contribution in [0.5, 0.6) is 5.75 Å². The monoisotopic (exact) mass is 463 g/mol. The lowest BCUT2D eigenvalue weighted by Crippen LogP contribution is -2.46. The van der Waals surface area contributed by atoms with E-state index >= 15 is 0 Å². The van der Waals surface area contributed by atoms with Crippen LogP contribution in [0.15, 0.2) is 59.8 Å². The summed E-state index contributed by atoms with van der Waals surface area (Å²) in [5.74, 6) is 1.74. The summed E-state index contributed by atoms with van der Waals surface area (Å²) in [6.45, 7) is 4.25. The van der Waals surface area contributed by atoms with Crippen LogP contribution in [-0.4, -0.2) is 50.6 Å². The third kappa shape index (κ3) is 4.57. The number of hydrogen-bond donors (Lipinski definition) is 1. The molecule has 2 atom stereocenters. The predicted octanol–water partition coefficient (Wildman–Crippen LogP) is 4.51. The molecule has 0 bridgehead atoms. The maximum Gasteiger partial charge on any atom is 0.238 e. The molecule has 0 aliphatic carbocycles. The number of fused-ring (bicyclic) bond motifs is 1. The second-order valence-corrected chi connectivity index (χ2v) is 9.50. The number of carbonyl (C=O) groups excluding carboxylic acids is 1. The highest BCUT2D eigenvalue weighted by Crippen LogP contribution is 2.40. The number of hydrogen-bond acceptors (Lipinski definition) is 6. The number of ether oxygens (including phenoxy) is 1. The van der Waals surface area contributed by atoms with Crippen molar-refractivity contribution < 1.29 is 9.53 Å². The summed E-state index contributed by atoms with van der Waals surface area (Å²) in [5, 5.41) is 9.25. The zero-order valence-corrected chi connectivity index (χ0v) is 19.6. The van der Waals surface area contributed by atoms with Crippen LogP contribution in [0.2, 0.25) is 0 Å². The third-order valence-electron chi connectivity index (χ3n) is 6.18. The molecule has 1 amide bonds. The Morgan fingerprint density at radius 3 is 2.45 bits per heavy atom. The summed E-state index contributed by atoms with van der Waals surface area (Å²) < 4.78 is 7.55. The molecule has 3 heterocycles. The predicted molar refractivity (Wildman–Crippen MR) is 130 cm³/mol. The highest BCUT2D eigenvalue weighted by Gasteiger charge is 2.40. The summed E-state index contributed by atoms with van der Waals surface area (Å²) in [6, 6.07) is 17.8. The average Bonchev–Trinajstić information content (AvgIpc) is 3.07. The van der Waals surface area contributed by atoms with Crippen LogP contribution in [0, 0.1) is 0 Å². The number of benzene rings is 2. The second kappa shape index (κ2) is 9.87. The van der Waals surface area contributed by atoms with Crippen molar-refractivity contribution >= 4 is 17.7 Å². The second-order valence-electron chi connectivity index (χ2n) is 8.39. The summed E-state index contributed by atoms with van der Waals surface area (Å²) >= 11 is 1.50. The fraction of sp³-hybridized carbons (Fsp3) is 0.400. The van der Waals surface area contributed by atoms with Crippen molar-refractivity contribution in [2.45, 2.75) is 49.1 Å².